The van der Waals surface area contributed by atoms with Crippen LogP contribution in [0.15, 0.2) is 0 Å². The quantitative estimate of drug-likeness (QED) is 0.426. The molecule has 0 aliphatic carbocycles. The molecule has 0 aromatic heterocycles. The highest BCUT2D eigenvalue weighted by Crippen LogP contribution is 2.54. The van der Waals surface area contributed by atoms with Crippen molar-refractivity contribution in [3.05, 3.63) is 0 Å². The Labute approximate surface area is 125 Å². The van der Waals surface area contributed by atoms with Crippen LogP contribution in [-0.2, 0) is 32.7 Å². The Hall–Kier alpha value is -0.910. The number of rotatable bonds is 11. The van der Waals surface area contributed by atoms with E-state index >= 15 is 0 Å². The second kappa shape index (κ2) is 10.8. The van der Waals surface area contributed by atoms with E-state index in [2.05, 4.69) is 0 Å². The van der Waals surface area contributed by atoms with Gasteiger partial charge in [0, 0.05) is 0 Å². The minimum absolute atomic E-state index is 0.0944. The van der Waals surface area contributed by atoms with Crippen LogP contribution in [0.5, 0.6) is 0 Å². The molecular weight excluding hydrogens is 299 g/mol. The predicted octanol–water partition coefficient (Wildman–Crippen LogP) is 2.53. The van der Waals surface area contributed by atoms with Crippen molar-refractivity contribution >= 4 is 19.5 Å². The van der Waals surface area contributed by atoms with E-state index in [1.807, 2.05) is 6.92 Å². The summed E-state index contributed by atoms with van der Waals surface area (Å²) in [5.41, 5.74) is -1.30. The highest BCUT2D eigenvalue weighted by atomic mass is 31.2. The van der Waals surface area contributed by atoms with Gasteiger partial charge in [0.1, 0.15) is 0 Å². The topological polar surface area (TPSA) is 88.1 Å². The SMILES string of the molecule is CCCOC(=O)CC(C(=O)OCC)P(=O)(OCC)OCC. The molecule has 0 aromatic carbocycles. The summed E-state index contributed by atoms with van der Waals surface area (Å²) in [5, 5.41) is 0. The van der Waals surface area contributed by atoms with E-state index in [-0.39, 0.29) is 26.4 Å². The molecule has 0 saturated carbocycles. The lowest BCUT2D eigenvalue weighted by Crippen LogP contribution is -2.29. The van der Waals surface area contributed by atoms with Crippen LogP contribution in [0.3, 0.4) is 0 Å². The van der Waals surface area contributed by atoms with Gasteiger partial charge in [0.05, 0.1) is 32.8 Å². The molecule has 0 amide bonds. The summed E-state index contributed by atoms with van der Waals surface area (Å²) < 4.78 is 32.7. The molecule has 0 aliphatic rings. The van der Waals surface area contributed by atoms with Gasteiger partial charge in [-0.05, 0) is 27.2 Å². The summed E-state index contributed by atoms with van der Waals surface area (Å²) in [6, 6.07) is 0. The van der Waals surface area contributed by atoms with E-state index in [0.717, 1.165) is 0 Å². The zero-order valence-corrected chi connectivity index (χ0v) is 14.0. The van der Waals surface area contributed by atoms with Gasteiger partial charge in [0.2, 0.25) is 0 Å². The predicted molar refractivity (Wildman–Crippen MR) is 77.1 cm³/mol. The molecule has 0 saturated heterocycles. The molecule has 0 fully saturated rings. The van der Waals surface area contributed by atoms with Gasteiger partial charge >= 0.3 is 19.5 Å². The maximum atomic E-state index is 12.7. The van der Waals surface area contributed by atoms with E-state index < -0.39 is 31.6 Å². The fourth-order valence-corrected chi connectivity index (χ4v) is 3.43. The Balaban J connectivity index is 5.13. The van der Waals surface area contributed by atoms with Gasteiger partial charge in [0.25, 0.3) is 0 Å². The molecular formula is C13H25O7P. The second-order valence-electron chi connectivity index (χ2n) is 4.07. The van der Waals surface area contributed by atoms with Crippen molar-refractivity contribution in [1.82, 2.24) is 0 Å². The first-order chi connectivity index (χ1) is 9.95. The van der Waals surface area contributed by atoms with Crippen LogP contribution in [0.4, 0.5) is 0 Å². The minimum atomic E-state index is -3.78. The van der Waals surface area contributed by atoms with Crippen LogP contribution in [0.1, 0.15) is 40.5 Å². The van der Waals surface area contributed by atoms with Crippen LogP contribution in [-0.4, -0.2) is 44.0 Å². The van der Waals surface area contributed by atoms with E-state index in [4.69, 9.17) is 18.5 Å². The Kier molecular flexibility index (Phi) is 10.3. The number of carbonyl (C=O) groups is 2. The third-order valence-electron chi connectivity index (χ3n) is 2.39. The van der Waals surface area contributed by atoms with Crippen LogP contribution in [0, 0.1) is 0 Å². The Morgan fingerprint density at radius 1 is 0.952 bits per heavy atom. The monoisotopic (exact) mass is 324 g/mol. The first-order valence-corrected chi connectivity index (χ1v) is 8.77. The standard InChI is InChI=1S/C13H25O7P/c1-5-9-18-12(14)10-11(13(15)17-6-2)21(16,19-7-3)20-8-4/h11H,5-10H2,1-4H3. The molecule has 8 heteroatoms. The average Bonchev–Trinajstić information content (AvgIpc) is 2.43. The normalized spacial score (nSPS) is 12.8. The van der Waals surface area contributed by atoms with Gasteiger partial charge < -0.3 is 18.5 Å². The van der Waals surface area contributed by atoms with Crippen molar-refractivity contribution in [2.45, 2.75) is 46.2 Å². The summed E-state index contributed by atoms with van der Waals surface area (Å²) in [4.78, 5) is 23.7. The molecule has 0 rings (SSSR count). The molecule has 1 unspecified atom stereocenters. The molecule has 0 aromatic rings. The maximum Gasteiger partial charge on any atom is 0.345 e. The molecule has 21 heavy (non-hydrogen) atoms. The third kappa shape index (κ3) is 7.07. The van der Waals surface area contributed by atoms with Gasteiger partial charge in [-0.3, -0.25) is 14.2 Å². The van der Waals surface area contributed by atoms with Crippen LogP contribution < -0.4 is 0 Å². The van der Waals surface area contributed by atoms with Crippen LogP contribution in [0.25, 0.3) is 0 Å². The Morgan fingerprint density at radius 3 is 1.95 bits per heavy atom. The first-order valence-electron chi connectivity index (χ1n) is 7.16. The van der Waals surface area contributed by atoms with Crippen molar-refractivity contribution in [3.8, 4) is 0 Å². The highest BCUT2D eigenvalue weighted by molar-refractivity contribution is 7.55. The number of esters is 2. The summed E-state index contributed by atoms with van der Waals surface area (Å²) in [6.45, 7) is 7.26. The zero-order chi connectivity index (χ0) is 16.3. The highest BCUT2D eigenvalue weighted by Gasteiger charge is 2.44. The zero-order valence-electron chi connectivity index (χ0n) is 13.1. The van der Waals surface area contributed by atoms with Crippen molar-refractivity contribution < 1.29 is 32.7 Å². The van der Waals surface area contributed by atoms with E-state index in [1.54, 1.807) is 20.8 Å². The Bertz CT molecular complexity index is 360. The van der Waals surface area contributed by atoms with Crippen molar-refractivity contribution in [2.24, 2.45) is 0 Å². The lowest BCUT2D eigenvalue weighted by atomic mass is 10.3. The van der Waals surface area contributed by atoms with E-state index in [9.17, 15) is 14.2 Å². The largest absolute Gasteiger partial charge is 0.466 e. The molecule has 124 valence electrons. The van der Waals surface area contributed by atoms with Gasteiger partial charge in [-0.25, -0.2) is 0 Å². The smallest absolute Gasteiger partial charge is 0.345 e. The van der Waals surface area contributed by atoms with Gasteiger partial charge in [-0.1, -0.05) is 6.92 Å². The molecule has 7 nitrogen and oxygen atoms in total. The summed E-state index contributed by atoms with van der Waals surface area (Å²) in [7, 11) is -3.78. The lowest BCUT2D eigenvalue weighted by Gasteiger charge is -2.24. The summed E-state index contributed by atoms with van der Waals surface area (Å²) in [6.07, 6.45) is 0.264. The molecule has 0 heterocycles. The fraction of sp³-hybridized carbons (Fsp3) is 0.846. The van der Waals surface area contributed by atoms with E-state index in [0.29, 0.717) is 6.42 Å². The van der Waals surface area contributed by atoms with Crippen molar-refractivity contribution in [1.29, 1.82) is 0 Å². The molecule has 1 atom stereocenters. The maximum absolute atomic E-state index is 12.7. The molecule has 0 N–H and O–H groups in total. The van der Waals surface area contributed by atoms with Crippen molar-refractivity contribution in [2.75, 3.05) is 26.4 Å². The van der Waals surface area contributed by atoms with Crippen molar-refractivity contribution in [3.63, 3.8) is 0 Å². The van der Waals surface area contributed by atoms with Crippen LogP contribution in [0.2, 0.25) is 0 Å². The fourth-order valence-electron chi connectivity index (χ4n) is 1.57. The summed E-state index contributed by atoms with van der Waals surface area (Å²) in [5.74, 6) is -1.41. The lowest BCUT2D eigenvalue weighted by molar-refractivity contribution is -0.150. The number of carbonyl (C=O) groups excluding carboxylic acids is 2. The summed E-state index contributed by atoms with van der Waals surface area (Å²) >= 11 is 0. The average molecular weight is 324 g/mol. The third-order valence-corrected chi connectivity index (χ3v) is 4.78. The molecule has 0 spiro atoms. The number of hydrogen-bond acceptors (Lipinski definition) is 7. The minimum Gasteiger partial charge on any atom is -0.466 e. The van der Waals surface area contributed by atoms with Gasteiger partial charge in [-0.2, -0.15) is 0 Å². The first kappa shape index (κ1) is 20.1. The molecule has 0 aliphatic heterocycles. The number of ether oxygens (including phenoxy) is 2. The molecule has 0 bridgehead atoms. The van der Waals surface area contributed by atoms with E-state index in [1.165, 1.54) is 0 Å². The number of hydrogen-bond donors (Lipinski definition) is 0. The Morgan fingerprint density at radius 2 is 1.52 bits per heavy atom. The second-order valence-corrected chi connectivity index (χ2v) is 6.29. The van der Waals surface area contributed by atoms with Gasteiger partial charge in [-0.15, -0.1) is 0 Å². The molecule has 0 radical (unpaired) electrons. The van der Waals surface area contributed by atoms with Gasteiger partial charge in [0.15, 0.2) is 5.66 Å². The van der Waals surface area contributed by atoms with Crippen LogP contribution >= 0.6 is 7.60 Å².